The number of halogens is 5. The minimum atomic E-state index is -5.85. The molecule has 2 heterocycles. The van der Waals surface area contributed by atoms with Gasteiger partial charge in [0.15, 0.2) is 5.82 Å². The Bertz CT molecular complexity index is 1420. The fourth-order valence-corrected chi connectivity index (χ4v) is 4.85. The number of aromatic nitrogens is 3. The largest absolute Gasteiger partial charge is 0.499 e. The summed E-state index contributed by atoms with van der Waals surface area (Å²) >= 11 is 0. The molecule has 0 spiro atoms. The summed E-state index contributed by atoms with van der Waals surface area (Å²) in [7, 11) is 3.03. The molecular formula is C30H35F5N4O7. The summed E-state index contributed by atoms with van der Waals surface area (Å²) in [6.45, 7) is 6.30. The molecule has 252 valence electrons. The van der Waals surface area contributed by atoms with Crippen LogP contribution in [-0.2, 0) is 23.7 Å². The number of anilines is 1. The van der Waals surface area contributed by atoms with Crippen LogP contribution in [0.25, 0.3) is 17.1 Å². The van der Waals surface area contributed by atoms with Crippen molar-refractivity contribution in [1.82, 2.24) is 14.8 Å². The van der Waals surface area contributed by atoms with E-state index < -0.39 is 54.8 Å². The van der Waals surface area contributed by atoms with Crippen molar-refractivity contribution in [2.24, 2.45) is 0 Å². The molecule has 0 saturated carbocycles. The van der Waals surface area contributed by atoms with E-state index in [1.54, 1.807) is 45.2 Å². The van der Waals surface area contributed by atoms with Crippen molar-refractivity contribution < 1.29 is 55.2 Å². The summed E-state index contributed by atoms with van der Waals surface area (Å²) in [6, 6.07) is 11.2. The van der Waals surface area contributed by atoms with Gasteiger partial charge in [0.2, 0.25) is 6.29 Å². The molecule has 1 fully saturated rings. The number of methoxy groups -OCH3 is 2. The highest BCUT2D eigenvalue weighted by Gasteiger charge is 2.61. The first kappa shape index (κ1) is 35.0. The standard InChI is InChI=1S/C30H35F5N4O7/c1-6-16-43-24-23(41-4)18(3)44-27(25(24)42-5)45-28(40)38(7-2)20-10-8-19(9-11-20)26-36-17-39(37-26)21-12-14-22(15-13-21)46-30(34,35)29(31,32)33/h8-15,17-18,23-25,27H,6-7,16H2,1-5H3. The quantitative estimate of drug-likeness (QED) is 0.217. The maximum Gasteiger partial charge on any atom is 0.499 e. The third kappa shape index (κ3) is 7.74. The van der Waals surface area contributed by atoms with Crippen LogP contribution in [0.1, 0.15) is 27.2 Å². The van der Waals surface area contributed by atoms with Gasteiger partial charge in [-0.3, -0.25) is 4.90 Å². The predicted octanol–water partition coefficient (Wildman–Crippen LogP) is 6.00. The van der Waals surface area contributed by atoms with E-state index in [0.717, 1.165) is 18.6 Å². The molecule has 0 bridgehead atoms. The van der Waals surface area contributed by atoms with Crippen LogP contribution in [0.15, 0.2) is 54.9 Å². The van der Waals surface area contributed by atoms with Crippen molar-refractivity contribution >= 4 is 11.8 Å². The van der Waals surface area contributed by atoms with Gasteiger partial charge in [-0.15, -0.1) is 5.10 Å². The van der Waals surface area contributed by atoms with Crippen LogP contribution in [0.3, 0.4) is 0 Å². The molecule has 1 amide bonds. The van der Waals surface area contributed by atoms with E-state index >= 15 is 0 Å². The van der Waals surface area contributed by atoms with Crippen LogP contribution in [0.2, 0.25) is 0 Å². The number of ether oxygens (including phenoxy) is 6. The maximum absolute atomic E-state index is 13.3. The van der Waals surface area contributed by atoms with Gasteiger partial charge >= 0.3 is 18.4 Å². The van der Waals surface area contributed by atoms with Gasteiger partial charge in [0.05, 0.1) is 11.8 Å². The predicted molar refractivity (Wildman–Crippen MR) is 154 cm³/mol. The SMILES string of the molecule is CCCOC1C(OC)C(C)OC(OC(=O)N(CC)c2ccc(-c3ncn(-c4ccc(OC(F)(F)C(F)(F)F)cc4)n3)cc2)C1OC. The second-order valence-electron chi connectivity index (χ2n) is 10.2. The number of alkyl halides is 5. The highest BCUT2D eigenvalue weighted by atomic mass is 19.4. The molecule has 0 radical (unpaired) electrons. The lowest BCUT2D eigenvalue weighted by Gasteiger charge is -2.44. The van der Waals surface area contributed by atoms with Crippen molar-refractivity contribution in [1.29, 1.82) is 0 Å². The van der Waals surface area contributed by atoms with Crippen LogP contribution in [0.4, 0.5) is 32.4 Å². The topological polar surface area (TPSA) is 106 Å². The Morgan fingerprint density at radius 3 is 2.17 bits per heavy atom. The van der Waals surface area contributed by atoms with E-state index in [1.807, 2.05) is 6.92 Å². The van der Waals surface area contributed by atoms with Crippen molar-refractivity contribution in [3.05, 3.63) is 54.9 Å². The molecule has 5 unspecified atom stereocenters. The average Bonchev–Trinajstić information content (AvgIpc) is 3.51. The summed E-state index contributed by atoms with van der Waals surface area (Å²) in [6.07, 6.45) is -12.9. The third-order valence-electron chi connectivity index (χ3n) is 7.15. The summed E-state index contributed by atoms with van der Waals surface area (Å²) in [4.78, 5) is 19.0. The Balaban J connectivity index is 1.44. The van der Waals surface area contributed by atoms with Gasteiger partial charge in [0.25, 0.3) is 0 Å². The van der Waals surface area contributed by atoms with Gasteiger partial charge in [-0.1, -0.05) is 6.92 Å². The van der Waals surface area contributed by atoms with Crippen molar-refractivity contribution in [2.45, 2.75) is 70.2 Å². The Labute approximate surface area is 262 Å². The molecule has 2 aromatic carbocycles. The first-order valence-electron chi connectivity index (χ1n) is 14.4. The number of hydrogen-bond donors (Lipinski definition) is 0. The fraction of sp³-hybridized carbons (Fsp3) is 0.500. The monoisotopic (exact) mass is 658 g/mol. The summed E-state index contributed by atoms with van der Waals surface area (Å²) in [5.41, 5.74) is 1.45. The summed E-state index contributed by atoms with van der Waals surface area (Å²) < 4.78 is 97.7. The maximum atomic E-state index is 13.3. The molecule has 1 aliphatic rings. The zero-order valence-corrected chi connectivity index (χ0v) is 25.7. The van der Waals surface area contributed by atoms with E-state index in [-0.39, 0.29) is 6.54 Å². The van der Waals surface area contributed by atoms with Gasteiger partial charge in [-0.25, -0.2) is 14.5 Å². The van der Waals surface area contributed by atoms with Gasteiger partial charge in [0, 0.05) is 38.6 Å². The normalized spacial score (nSPS) is 22.0. The first-order valence-corrected chi connectivity index (χ1v) is 14.4. The zero-order valence-electron chi connectivity index (χ0n) is 25.7. The number of benzene rings is 2. The molecule has 0 N–H and O–H groups in total. The molecule has 1 saturated heterocycles. The minimum Gasteiger partial charge on any atom is -0.426 e. The number of carbonyl (C=O) groups excluding carboxylic acids is 1. The van der Waals surface area contributed by atoms with E-state index in [1.165, 1.54) is 35.2 Å². The Hall–Kier alpha value is -3.86. The second-order valence-corrected chi connectivity index (χ2v) is 10.2. The van der Waals surface area contributed by atoms with Crippen LogP contribution in [-0.4, -0.2) is 91.2 Å². The molecule has 1 aromatic heterocycles. The highest BCUT2D eigenvalue weighted by molar-refractivity contribution is 5.88. The van der Waals surface area contributed by atoms with Gasteiger partial charge in [-0.05, 0) is 68.8 Å². The molecule has 5 atom stereocenters. The first-order chi connectivity index (χ1) is 21.8. The number of hydrogen-bond acceptors (Lipinski definition) is 9. The lowest BCUT2D eigenvalue weighted by Crippen LogP contribution is -2.60. The lowest BCUT2D eigenvalue weighted by atomic mass is 9.99. The molecule has 3 aromatic rings. The molecule has 11 nitrogen and oxygen atoms in total. The van der Waals surface area contributed by atoms with E-state index in [4.69, 9.17) is 23.7 Å². The number of nitrogens with zero attached hydrogens (tertiary/aromatic N) is 4. The molecule has 0 aliphatic carbocycles. The minimum absolute atomic E-state index is 0.274. The number of carbonyl (C=O) groups is 1. The van der Waals surface area contributed by atoms with E-state index in [2.05, 4.69) is 14.8 Å². The Kier molecular flexibility index (Phi) is 11.2. The van der Waals surface area contributed by atoms with Crippen molar-refractivity contribution in [3.8, 4) is 22.8 Å². The molecule has 4 rings (SSSR count). The molecule has 1 aliphatic heterocycles. The smallest absolute Gasteiger partial charge is 0.426 e. The van der Waals surface area contributed by atoms with Crippen LogP contribution >= 0.6 is 0 Å². The molecular weight excluding hydrogens is 623 g/mol. The van der Waals surface area contributed by atoms with Crippen molar-refractivity contribution in [2.75, 3.05) is 32.3 Å². The summed E-state index contributed by atoms with van der Waals surface area (Å²) in [5, 5.41) is 4.35. The van der Waals surface area contributed by atoms with Crippen LogP contribution < -0.4 is 9.64 Å². The fourth-order valence-electron chi connectivity index (χ4n) is 4.85. The molecule has 46 heavy (non-hydrogen) atoms. The van der Waals surface area contributed by atoms with Gasteiger partial charge in [0.1, 0.15) is 30.4 Å². The number of amides is 1. The van der Waals surface area contributed by atoms with Crippen LogP contribution in [0.5, 0.6) is 5.75 Å². The molecule has 16 heteroatoms. The summed E-state index contributed by atoms with van der Waals surface area (Å²) in [5.74, 6) is -0.383. The van der Waals surface area contributed by atoms with Crippen LogP contribution in [0, 0.1) is 0 Å². The average molecular weight is 659 g/mol. The zero-order chi connectivity index (χ0) is 33.6. The van der Waals surface area contributed by atoms with Crippen molar-refractivity contribution in [3.63, 3.8) is 0 Å². The number of rotatable bonds is 12. The third-order valence-corrected chi connectivity index (χ3v) is 7.15. The van der Waals surface area contributed by atoms with Gasteiger partial charge in [-0.2, -0.15) is 22.0 Å². The lowest BCUT2D eigenvalue weighted by molar-refractivity contribution is -0.360. The Morgan fingerprint density at radius 2 is 1.61 bits per heavy atom. The Morgan fingerprint density at radius 1 is 0.957 bits per heavy atom. The second kappa shape index (κ2) is 14.7. The van der Waals surface area contributed by atoms with Gasteiger partial charge < -0.3 is 28.4 Å². The van der Waals surface area contributed by atoms with E-state index in [9.17, 15) is 26.7 Å². The highest BCUT2D eigenvalue weighted by Crippen LogP contribution is 2.37. The van der Waals surface area contributed by atoms with E-state index in [0.29, 0.717) is 29.4 Å².